The van der Waals surface area contributed by atoms with Gasteiger partial charge in [-0.15, -0.1) is 0 Å². The normalized spacial score (nSPS) is 14.0. The molecule has 2 N–H and O–H groups in total. The summed E-state index contributed by atoms with van der Waals surface area (Å²) in [6, 6.07) is 9.00. The summed E-state index contributed by atoms with van der Waals surface area (Å²) < 4.78 is 19.5. The van der Waals surface area contributed by atoms with Gasteiger partial charge in [0.1, 0.15) is 5.82 Å². The second-order valence-electron chi connectivity index (χ2n) is 6.08. The van der Waals surface area contributed by atoms with Crippen LogP contribution in [0.1, 0.15) is 29.3 Å². The van der Waals surface area contributed by atoms with Gasteiger partial charge in [-0.05, 0) is 55.3 Å². The van der Waals surface area contributed by atoms with Crippen molar-refractivity contribution in [2.24, 2.45) is 0 Å². The number of esters is 1. The third kappa shape index (κ3) is 4.51. The minimum absolute atomic E-state index is 0.00405. The van der Waals surface area contributed by atoms with Crippen LogP contribution in [0.4, 0.5) is 15.8 Å². The average Bonchev–Trinajstić information content (AvgIpc) is 2.63. The summed E-state index contributed by atoms with van der Waals surface area (Å²) in [6.07, 6.45) is -0.235. The number of amides is 2. The topological polar surface area (TPSA) is 84.5 Å². The lowest BCUT2D eigenvalue weighted by molar-refractivity contribution is -0.123. The van der Waals surface area contributed by atoms with E-state index >= 15 is 0 Å². The van der Waals surface area contributed by atoms with E-state index in [0.29, 0.717) is 23.0 Å². The van der Waals surface area contributed by atoms with Crippen molar-refractivity contribution >= 4 is 45.1 Å². The number of carbonyl (C=O) groups is 3. The van der Waals surface area contributed by atoms with Crippen molar-refractivity contribution in [3.63, 3.8) is 0 Å². The SMILES string of the molecule is CC(OC(=O)c1ccc2c(c1)CCC(=O)N2)C(=O)Nc1ccc(Br)cc1F. The molecule has 1 unspecified atom stereocenters. The van der Waals surface area contributed by atoms with Gasteiger partial charge in [0.2, 0.25) is 5.91 Å². The highest BCUT2D eigenvalue weighted by atomic mass is 79.9. The molecule has 2 aromatic rings. The zero-order valence-electron chi connectivity index (χ0n) is 14.3. The van der Waals surface area contributed by atoms with Crippen molar-refractivity contribution < 1.29 is 23.5 Å². The second kappa shape index (κ2) is 7.87. The van der Waals surface area contributed by atoms with Gasteiger partial charge in [0.15, 0.2) is 6.10 Å². The molecule has 140 valence electrons. The van der Waals surface area contributed by atoms with Gasteiger partial charge in [0.05, 0.1) is 11.3 Å². The number of fused-ring (bicyclic) bond motifs is 1. The maximum absolute atomic E-state index is 13.8. The van der Waals surface area contributed by atoms with E-state index in [4.69, 9.17) is 4.74 Å². The molecule has 0 saturated carbocycles. The van der Waals surface area contributed by atoms with Crippen LogP contribution >= 0.6 is 15.9 Å². The molecule has 27 heavy (non-hydrogen) atoms. The van der Waals surface area contributed by atoms with E-state index in [2.05, 4.69) is 26.6 Å². The molecular formula is C19H16BrFN2O4. The van der Waals surface area contributed by atoms with Gasteiger partial charge >= 0.3 is 5.97 Å². The first-order valence-electron chi connectivity index (χ1n) is 8.23. The Morgan fingerprint density at radius 1 is 1.22 bits per heavy atom. The average molecular weight is 435 g/mol. The number of halogens is 2. The quantitative estimate of drug-likeness (QED) is 0.719. The first-order chi connectivity index (χ1) is 12.8. The molecule has 1 atom stereocenters. The number of hydrogen-bond donors (Lipinski definition) is 2. The maximum Gasteiger partial charge on any atom is 0.338 e. The standard InChI is InChI=1S/C19H16BrFN2O4/c1-10(18(25)23-16-6-4-13(20)9-14(16)21)27-19(26)12-2-5-15-11(8-12)3-7-17(24)22-15/h2,4-6,8-10H,3,7H2,1H3,(H,22,24)(H,23,25). The molecule has 6 nitrogen and oxygen atoms in total. The Balaban J connectivity index is 1.64. The molecule has 0 spiro atoms. The summed E-state index contributed by atoms with van der Waals surface area (Å²) in [5.41, 5.74) is 1.77. The lowest BCUT2D eigenvalue weighted by Gasteiger charge is -2.18. The first kappa shape index (κ1) is 19.0. The van der Waals surface area contributed by atoms with E-state index in [1.807, 2.05) is 0 Å². The number of ether oxygens (including phenoxy) is 1. The smallest absolute Gasteiger partial charge is 0.338 e. The Hall–Kier alpha value is -2.74. The molecule has 0 saturated heterocycles. The molecule has 1 aliphatic heterocycles. The van der Waals surface area contributed by atoms with E-state index in [-0.39, 0.29) is 17.2 Å². The summed E-state index contributed by atoms with van der Waals surface area (Å²) >= 11 is 3.13. The highest BCUT2D eigenvalue weighted by Gasteiger charge is 2.22. The lowest BCUT2D eigenvalue weighted by atomic mass is 10.0. The molecule has 0 radical (unpaired) electrons. The maximum atomic E-state index is 13.8. The zero-order valence-corrected chi connectivity index (χ0v) is 15.9. The molecule has 0 aromatic heterocycles. The molecule has 8 heteroatoms. The van der Waals surface area contributed by atoms with Crippen molar-refractivity contribution in [2.75, 3.05) is 10.6 Å². The molecule has 2 amide bonds. The second-order valence-corrected chi connectivity index (χ2v) is 7.00. The van der Waals surface area contributed by atoms with Crippen molar-refractivity contribution in [1.82, 2.24) is 0 Å². The zero-order chi connectivity index (χ0) is 19.6. The van der Waals surface area contributed by atoms with E-state index in [0.717, 1.165) is 5.56 Å². The summed E-state index contributed by atoms with van der Waals surface area (Å²) in [5.74, 6) is -1.99. The number of aryl methyl sites for hydroxylation is 1. The molecule has 2 aromatic carbocycles. The van der Waals surface area contributed by atoms with Gasteiger partial charge in [0, 0.05) is 16.6 Å². The van der Waals surface area contributed by atoms with Gasteiger partial charge in [-0.1, -0.05) is 15.9 Å². The van der Waals surface area contributed by atoms with Crippen molar-refractivity contribution in [3.8, 4) is 0 Å². The van der Waals surface area contributed by atoms with Gasteiger partial charge in [-0.3, -0.25) is 9.59 Å². The van der Waals surface area contributed by atoms with E-state index in [9.17, 15) is 18.8 Å². The molecule has 0 fully saturated rings. The number of anilines is 2. The molecule has 3 rings (SSSR count). The Kier molecular flexibility index (Phi) is 5.55. The molecular weight excluding hydrogens is 419 g/mol. The van der Waals surface area contributed by atoms with E-state index < -0.39 is 23.8 Å². The van der Waals surface area contributed by atoms with Crippen molar-refractivity contribution in [2.45, 2.75) is 25.9 Å². The monoisotopic (exact) mass is 434 g/mol. The summed E-state index contributed by atoms with van der Waals surface area (Å²) in [7, 11) is 0. The predicted octanol–water partition coefficient (Wildman–Crippen LogP) is 3.66. The fourth-order valence-corrected chi connectivity index (χ4v) is 2.95. The number of rotatable bonds is 4. The number of carbonyl (C=O) groups excluding carboxylic acids is 3. The van der Waals surface area contributed by atoms with Crippen LogP contribution in [0.5, 0.6) is 0 Å². The largest absolute Gasteiger partial charge is 0.449 e. The number of nitrogens with one attached hydrogen (secondary N) is 2. The van der Waals surface area contributed by atoms with Crippen LogP contribution in [0.25, 0.3) is 0 Å². The summed E-state index contributed by atoms with van der Waals surface area (Å²) in [4.78, 5) is 35.9. The summed E-state index contributed by atoms with van der Waals surface area (Å²) in [5, 5.41) is 5.12. The van der Waals surface area contributed by atoms with E-state index in [1.54, 1.807) is 18.2 Å². The van der Waals surface area contributed by atoms with Crippen LogP contribution < -0.4 is 10.6 Å². The Bertz CT molecular complexity index is 932. The summed E-state index contributed by atoms with van der Waals surface area (Å²) in [6.45, 7) is 1.41. The number of hydrogen-bond acceptors (Lipinski definition) is 4. The van der Waals surface area contributed by atoms with Crippen LogP contribution in [-0.4, -0.2) is 23.9 Å². The minimum Gasteiger partial charge on any atom is -0.449 e. The van der Waals surface area contributed by atoms with Crippen LogP contribution in [0.15, 0.2) is 40.9 Å². The Morgan fingerprint density at radius 3 is 2.74 bits per heavy atom. The third-order valence-corrected chi connectivity index (χ3v) is 4.57. The highest BCUT2D eigenvalue weighted by Crippen LogP contribution is 2.24. The van der Waals surface area contributed by atoms with E-state index in [1.165, 1.54) is 25.1 Å². The third-order valence-electron chi connectivity index (χ3n) is 4.08. The fourth-order valence-electron chi connectivity index (χ4n) is 2.62. The minimum atomic E-state index is -1.11. The molecule has 0 aliphatic carbocycles. The fraction of sp³-hybridized carbons (Fsp3) is 0.211. The Labute approximate surface area is 163 Å². The van der Waals surface area contributed by atoms with Gasteiger partial charge in [-0.25, -0.2) is 9.18 Å². The van der Waals surface area contributed by atoms with Crippen LogP contribution in [0.3, 0.4) is 0 Å². The lowest BCUT2D eigenvalue weighted by Crippen LogP contribution is -2.30. The van der Waals surface area contributed by atoms with Gasteiger partial charge in [-0.2, -0.15) is 0 Å². The highest BCUT2D eigenvalue weighted by molar-refractivity contribution is 9.10. The first-order valence-corrected chi connectivity index (χ1v) is 9.02. The van der Waals surface area contributed by atoms with Crippen LogP contribution in [-0.2, 0) is 20.7 Å². The van der Waals surface area contributed by atoms with Gasteiger partial charge in [0.25, 0.3) is 5.91 Å². The van der Waals surface area contributed by atoms with Crippen LogP contribution in [0, 0.1) is 5.82 Å². The number of benzene rings is 2. The Morgan fingerprint density at radius 2 is 2.00 bits per heavy atom. The predicted molar refractivity (Wildman–Crippen MR) is 101 cm³/mol. The van der Waals surface area contributed by atoms with Gasteiger partial charge < -0.3 is 15.4 Å². The molecule has 1 heterocycles. The van der Waals surface area contributed by atoms with Crippen LogP contribution in [0.2, 0.25) is 0 Å². The van der Waals surface area contributed by atoms with Crippen molar-refractivity contribution in [3.05, 3.63) is 57.8 Å². The van der Waals surface area contributed by atoms with Crippen molar-refractivity contribution in [1.29, 1.82) is 0 Å². The molecule has 0 bridgehead atoms. The molecule has 1 aliphatic rings.